The molecule has 3 aromatic carbocycles. The minimum absolute atomic E-state index is 0.101. The second-order valence-electron chi connectivity index (χ2n) is 8.20. The summed E-state index contributed by atoms with van der Waals surface area (Å²) in [5.41, 5.74) is 4.44. The predicted octanol–water partition coefficient (Wildman–Crippen LogP) is 7.27. The minimum atomic E-state index is -0.159. The van der Waals surface area contributed by atoms with Crippen molar-refractivity contribution in [2.75, 3.05) is 7.11 Å². The number of aromatic nitrogens is 2. The predicted molar refractivity (Wildman–Crippen MR) is 153 cm³/mol. The Morgan fingerprint density at radius 1 is 1.06 bits per heavy atom. The summed E-state index contributed by atoms with van der Waals surface area (Å²) < 4.78 is 8.59. The molecule has 1 amide bonds. The van der Waals surface area contributed by atoms with E-state index in [2.05, 4.69) is 15.9 Å². The molecule has 0 unspecified atom stereocenters. The van der Waals surface area contributed by atoms with Crippen molar-refractivity contribution in [3.63, 3.8) is 0 Å². The molecule has 1 aliphatic rings. The third kappa shape index (κ3) is 4.76. The van der Waals surface area contributed by atoms with Crippen molar-refractivity contribution in [1.82, 2.24) is 14.7 Å². The molecule has 1 fully saturated rings. The van der Waals surface area contributed by atoms with Crippen LogP contribution in [0.3, 0.4) is 0 Å². The molecular formula is C28H22BrN3O2S2. The lowest BCUT2D eigenvalue weighted by Crippen LogP contribution is -2.30. The van der Waals surface area contributed by atoms with Gasteiger partial charge in [0, 0.05) is 17.3 Å². The fourth-order valence-electron chi connectivity index (χ4n) is 4.08. The molecule has 0 spiro atoms. The number of methoxy groups -OCH3 is 1. The van der Waals surface area contributed by atoms with Crippen molar-refractivity contribution in [1.29, 1.82) is 0 Å². The fourth-order valence-corrected chi connectivity index (χ4v) is 6.03. The van der Waals surface area contributed by atoms with E-state index in [4.69, 9.17) is 22.1 Å². The summed E-state index contributed by atoms with van der Waals surface area (Å²) in [7, 11) is 1.63. The SMILES string of the molecule is COc1ccc(-c2nn(-c3ccccc3)cc2/C=C2/SC(=S)N([C@@H](C)c3ccccc3)C2=O)cc1Br. The monoisotopic (exact) mass is 575 g/mol. The normalized spacial score (nSPS) is 15.5. The zero-order chi connectivity index (χ0) is 25.2. The van der Waals surface area contributed by atoms with Crippen LogP contribution in [0.25, 0.3) is 23.0 Å². The lowest BCUT2D eigenvalue weighted by atomic mass is 10.1. The van der Waals surface area contributed by atoms with Gasteiger partial charge in [0.15, 0.2) is 0 Å². The van der Waals surface area contributed by atoms with Crippen LogP contribution in [0.15, 0.2) is 94.4 Å². The number of benzene rings is 3. The summed E-state index contributed by atoms with van der Waals surface area (Å²) in [5, 5.41) is 4.88. The fraction of sp³-hybridized carbons (Fsp3) is 0.107. The molecular weight excluding hydrogens is 554 g/mol. The highest BCUT2D eigenvalue weighted by Gasteiger charge is 2.36. The number of halogens is 1. The first-order valence-corrected chi connectivity index (χ1v) is 13.3. The number of carbonyl (C=O) groups is 1. The first kappa shape index (κ1) is 24.5. The van der Waals surface area contributed by atoms with Crippen LogP contribution in [0.5, 0.6) is 5.75 Å². The van der Waals surface area contributed by atoms with Crippen molar-refractivity contribution < 1.29 is 9.53 Å². The highest BCUT2D eigenvalue weighted by atomic mass is 79.9. The maximum atomic E-state index is 13.5. The summed E-state index contributed by atoms with van der Waals surface area (Å²) in [6, 6.07) is 25.5. The molecule has 1 saturated heterocycles. The van der Waals surface area contributed by atoms with Gasteiger partial charge in [-0.15, -0.1) is 0 Å². The average molecular weight is 577 g/mol. The molecule has 5 rings (SSSR count). The van der Waals surface area contributed by atoms with Crippen LogP contribution in [-0.4, -0.2) is 32.0 Å². The van der Waals surface area contributed by atoms with Crippen molar-refractivity contribution in [3.8, 4) is 22.7 Å². The lowest BCUT2D eigenvalue weighted by molar-refractivity contribution is -0.123. The molecule has 5 nitrogen and oxygen atoms in total. The van der Waals surface area contributed by atoms with E-state index in [-0.39, 0.29) is 11.9 Å². The molecule has 1 atom stereocenters. The van der Waals surface area contributed by atoms with Gasteiger partial charge in [0.2, 0.25) is 0 Å². The third-order valence-electron chi connectivity index (χ3n) is 5.97. The number of nitrogens with zero attached hydrogens (tertiary/aromatic N) is 3. The van der Waals surface area contributed by atoms with Gasteiger partial charge in [0.1, 0.15) is 15.8 Å². The summed E-state index contributed by atoms with van der Waals surface area (Å²) in [5.74, 6) is 0.634. The van der Waals surface area contributed by atoms with Gasteiger partial charge >= 0.3 is 0 Å². The maximum absolute atomic E-state index is 13.5. The molecule has 1 aliphatic heterocycles. The highest BCUT2D eigenvalue weighted by Crippen LogP contribution is 2.39. The number of rotatable bonds is 6. The van der Waals surface area contributed by atoms with Gasteiger partial charge in [-0.05, 0) is 64.8 Å². The van der Waals surface area contributed by atoms with Crippen LogP contribution in [-0.2, 0) is 4.79 Å². The molecule has 1 aromatic heterocycles. The first-order chi connectivity index (χ1) is 17.5. The Morgan fingerprint density at radius 3 is 2.42 bits per heavy atom. The van der Waals surface area contributed by atoms with Crippen LogP contribution >= 0.6 is 39.9 Å². The van der Waals surface area contributed by atoms with Crippen LogP contribution in [0.1, 0.15) is 24.1 Å². The minimum Gasteiger partial charge on any atom is -0.496 e. The zero-order valence-electron chi connectivity index (χ0n) is 19.6. The number of thiocarbonyl (C=S) groups is 1. The summed E-state index contributed by atoms with van der Waals surface area (Å²) in [4.78, 5) is 15.8. The lowest BCUT2D eigenvalue weighted by Gasteiger charge is -2.23. The summed E-state index contributed by atoms with van der Waals surface area (Å²) >= 11 is 10.5. The highest BCUT2D eigenvalue weighted by molar-refractivity contribution is 9.10. The molecule has 36 heavy (non-hydrogen) atoms. The van der Waals surface area contributed by atoms with E-state index in [1.165, 1.54) is 11.8 Å². The number of hydrogen-bond acceptors (Lipinski definition) is 5. The Kier molecular flexibility index (Phi) is 7.09. The zero-order valence-corrected chi connectivity index (χ0v) is 22.8. The first-order valence-electron chi connectivity index (χ1n) is 11.3. The molecule has 0 N–H and O–H groups in total. The molecule has 0 aliphatic carbocycles. The Hall–Kier alpha value is -3.20. The number of thioether (sulfide) groups is 1. The third-order valence-corrected chi connectivity index (χ3v) is 7.92. The number of amides is 1. The summed E-state index contributed by atoms with van der Waals surface area (Å²) in [6.45, 7) is 2.00. The molecule has 0 radical (unpaired) electrons. The molecule has 4 aromatic rings. The van der Waals surface area contributed by atoms with E-state index >= 15 is 0 Å². The number of para-hydroxylation sites is 1. The van der Waals surface area contributed by atoms with Crippen molar-refractivity contribution in [3.05, 3.63) is 106 Å². The standard InChI is InChI=1S/C28H22BrN3O2S2/c1-18(19-9-5-3-6-10-19)32-27(33)25(36-28(32)35)16-21-17-31(22-11-7-4-8-12-22)30-26(21)20-13-14-24(34-2)23(29)15-20/h3-18H,1-2H3/b25-16+/t18-/m0/s1. The molecule has 0 bridgehead atoms. The van der Waals surface area contributed by atoms with Crippen LogP contribution in [0.4, 0.5) is 0 Å². The smallest absolute Gasteiger partial charge is 0.266 e. The Bertz CT molecular complexity index is 1470. The van der Waals surface area contributed by atoms with E-state index in [0.29, 0.717) is 9.23 Å². The maximum Gasteiger partial charge on any atom is 0.266 e. The second-order valence-corrected chi connectivity index (χ2v) is 10.7. The van der Waals surface area contributed by atoms with Crippen LogP contribution < -0.4 is 4.74 Å². The summed E-state index contributed by atoms with van der Waals surface area (Å²) in [6.07, 6.45) is 3.83. The van der Waals surface area contributed by atoms with Crippen LogP contribution in [0.2, 0.25) is 0 Å². The van der Waals surface area contributed by atoms with Crippen LogP contribution in [0, 0.1) is 0 Å². The van der Waals surface area contributed by atoms with Crippen molar-refractivity contribution >= 4 is 56.2 Å². The second kappa shape index (κ2) is 10.4. The molecule has 8 heteroatoms. The van der Waals surface area contributed by atoms with E-state index in [0.717, 1.165) is 38.3 Å². The van der Waals surface area contributed by atoms with Gasteiger partial charge in [0.25, 0.3) is 5.91 Å². The van der Waals surface area contributed by atoms with Gasteiger partial charge < -0.3 is 4.74 Å². The van der Waals surface area contributed by atoms with Crippen molar-refractivity contribution in [2.24, 2.45) is 0 Å². The largest absolute Gasteiger partial charge is 0.496 e. The van der Waals surface area contributed by atoms with E-state index < -0.39 is 0 Å². The van der Waals surface area contributed by atoms with E-state index in [1.807, 2.05) is 103 Å². The quantitative estimate of drug-likeness (QED) is 0.179. The van der Waals surface area contributed by atoms with Gasteiger partial charge in [0.05, 0.1) is 28.2 Å². The van der Waals surface area contributed by atoms with Gasteiger partial charge in [-0.2, -0.15) is 5.10 Å². The Balaban J connectivity index is 1.56. The average Bonchev–Trinajstić information content (AvgIpc) is 3.45. The topological polar surface area (TPSA) is 47.4 Å². The van der Waals surface area contributed by atoms with Crippen molar-refractivity contribution in [2.45, 2.75) is 13.0 Å². The molecule has 0 saturated carbocycles. The number of carbonyl (C=O) groups excluding carboxylic acids is 1. The van der Waals surface area contributed by atoms with Gasteiger partial charge in [-0.25, -0.2) is 4.68 Å². The number of ether oxygens (including phenoxy) is 1. The Labute approximate surface area is 227 Å². The molecule has 180 valence electrons. The van der Waals surface area contributed by atoms with E-state index in [1.54, 1.807) is 12.0 Å². The molecule has 2 heterocycles. The van der Waals surface area contributed by atoms with Gasteiger partial charge in [-0.1, -0.05) is 72.5 Å². The van der Waals surface area contributed by atoms with Gasteiger partial charge in [-0.3, -0.25) is 9.69 Å². The Morgan fingerprint density at radius 2 is 1.75 bits per heavy atom. The van der Waals surface area contributed by atoms with E-state index in [9.17, 15) is 4.79 Å². The number of hydrogen-bond donors (Lipinski definition) is 0.